The first-order chi connectivity index (χ1) is 13.7. The fraction of sp³-hybridized carbons (Fsp3) is 0.143. The molecule has 0 N–H and O–H groups in total. The molecule has 0 radical (unpaired) electrons. The number of fused-ring (bicyclic) bond motifs is 1. The highest BCUT2D eigenvalue weighted by Gasteiger charge is 2.16. The molecule has 7 heteroatoms. The van der Waals surface area contributed by atoms with Crippen LogP contribution in [0.3, 0.4) is 0 Å². The van der Waals surface area contributed by atoms with Crippen LogP contribution in [0.25, 0.3) is 22.3 Å². The lowest BCUT2D eigenvalue weighted by Crippen LogP contribution is -2.01. The van der Waals surface area contributed by atoms with E-state index in [2.05, 4.69) is 39.7 Å². The van der Waals surface area contributed by atoms with Crippen LogP contribution in [-0.2, 0) is 6.54 Å². The largest absolute Gasteiger partial charge is 0.497 e. The SMILES string of the molecule is C=CCn1c(Sc2ncnc3ccc(C)cc23)nnc1-c1ccc(OC)cc1. The molecule has 0 aliphatic carbocycles. The monoisotopic (exact) mass is 389 g/mol. The second kappa shape index (κ2) is 7.82. The fourth-order valence-electron chi connectivity index (χ4n) is 2.93. The zero-order valence-corrected chi connectivity index (χ0v) is 16.5. The number of allylic oxidation sites excluding steroid dienone is 1. The molecule has 4 rings (SSSR count). The average Bonchev–Trinajstić information content (AvgIpc) is 3.11. The number of methoxy groups -OCH3 is 1. The summed E-state index contributed by atoms with van der Waals surface area (Å²) in [4.78, 5) is 8.83. The molecule has 2 heterocycles. The van der Waals surface area contributed by atoms with Gasteiger partial charge in [-0.15, -0.1) is 16.8 Å². The molecule has 2 aromatic heterocycles. The molecule has 4 aromatic rings. The highest BCUT2D eigenvalue weighted by Crippen LogP contribution is 2.33. The summed E-state index contributed by atoms with van der Waals surface area (Å²) in [6, 6.07) is 13.9. The van der Waals surface area contributed by atoms with Gasteiger partial charge in [0.1, 0.15) is 17.1 Å². The van der Waals surface area contributed by atoms with Gasteiger partial charge in [-0.25, -0.2) is 9.97 Å². The number of rotatable bonds is 6. The van der Waals surface area contributed by atoms with Gasteiger partial charge >= 0.3 is 0 Å². The van der Waals surface area contributed by atoms with Gasteiger partial charge in [0.15, 0.2) is 11.0 Å². The standard InChI is InChI=1S/C21H19N5OS/c1-4-11-26-19(15-6-8-16(27-3)9-7-15)24-25-21(26)28-20-17-12-14(2)5-10-18(17)22-13-23-20/h4-10,12-13H,1,11H2,2-3H3. The summed E-state index contributed by atoms with van der Waals surface area (Å²) in [5.74, 6) is 1.58. The normalized spacial score (nSPS) is 10.9. The highest BCUT2D eigenvalue weighted by atomic mass is 32.2. The van der Waals surface area contributed by atoms with Crippen molar-refractivity contribution in [2.24, 2.45) is 0 Å². The molecule has 0 bridgehead atoms. The van der Waals surface area contributed by atoms with Gasteiger partial charge < -0.3 is 4.74 Å². The smallest absolute Gasteiger partial charge is 0.198 e. The summed E-state index contributed by atoms with van der Waals surface area (Å²) in [6.45, 7) is 6.53. The molecule has 6 nitrogen and oxygen atoms in total. The lowest BCUT2D eigenvalue weighted by atomic mass is 10.2. The molecule has 28 heavy (non-hydrogen) atoms. The Bertz CT molecular complexity index is 1140. The molecule has 0 unspecified atom stereocenters. The number of ether oxygens (including phenoxy) is 1. The van der Waals surface area contributed by atoms with Crippen molar-refractivity contribution >= 4 is 22.7 Å². The summed E-state index contributed by atoms with van der Waals surface area (Å²) in [6.07, 6.45) is 3.42. The number of hydrogen-bond donors (Lipinski definition) is 0. The van der Waals surface area contributed by atoms with Crippen molar-refractivity contribution in [1.82, 2.24) is 24.7 Å². The molecule has 0 fully saturated rings. The first-order valence-corrected chi connectivity index (χ1v) is 9.59. The number of benzene rings is 2. The lowest BCUT2D eigenvalue weighted by Gasteiger charge is -2.09. The molecule has 0 spiro atoms. The van der Waals surface area contributed by atoms with E-state index in [0.29, 0.717) is 6.54 Å². The van der Waals surface area contributed by atoms with E-state index < -0.39 is 0 Å². The Morgan fingerprint density at radius 1 is 1.11 bits per heavy atom. The summed E-state index contributed by atoms with van der Waals surface area (Å²) in [7, 11) is 1.65. The van der Waals surface area contributed by atoms with Gasteiger partial charge in [0.2, 0.25) is 0 Å². The predicted molar refractivity (Wildman–Crippen MR) is 111 cm³/mol. The van der Waals surface area contributed by atoms with Crippen LogP contribution in [0.2, 0.25) is 0 Å². The number of hydrogen-bond acceptors (Lipinski definition) is 6. The van der Waals surface area contributed by atoms with Crippen molar-refractivity contribution in [3.05, 3.63) is 67.0 Å². The van der Waals surface area contributed by atoms with Crippen molar-refractivity contribution in [3.63, 3.8) is 0 Å². The lowest BCUT2D eigenvalue weighted by molar-refractivity contribution is 0.415. The van der Waals surface area contributed by atoms with Gasteiger partial charge in [0, 0.05) is 17.5 Å². The van der Waals surface area contributed by atoms with Gasteiger partial charge in [-0.05, 0) is 55.1 Å². The van der Waals surface area contributed by atoms with E-state index in [1.54, 1.807) is 13.4 Å². The van der Waals surface area contributed by atoms with Crippen molar-refractivity contribution in [2.75, 3.05) is 7.11 Å². The van der Waals surface area contributed by atoms with Crippen LogP contribution in [0.15, 0.2) is 71.6 Å². The Labute approximate surface area is 167 Å². The van der Waals surface area contributed by atoms with E-state index in [1.807, 2.05) is 47.0 Å². The molecule has 0 amide bonds. The van der Waals surface area contributed by atoms with Crippen LogP contribution in [0.4, 0.5) is 0 Å². The Morgan fingerprint density at radius 2 is 1.93 bits per heavy atom. The maximum absolute atomic E-state index is 5.24. The van der Waals surface area contributed by atoms with Gasteiger partial charge in [0.05, 0.1) is 12.6 Å². The second-order valence-corrected chi connectivity index (χ2v) is 7.19. The quantitative estimate of drug-likeness (QED) is 0.356. The van der Waals surface area contributed by atoms with E-state index in [0.717, 1.165) is 43.8 Å². The third-order valence-electron chi connectivity index (χ3n) is 4.32. The Kier molecular flexibility index (Phi) is 5.08. The molecular weight excluding hydrogens is 370 g/mol. The molecule has 140 valence electrons. The minimum Gasteiger partial charge on any atom is -0.497 e. The van der Waals surface area contributed by atoms with Gasteiger partial charge in [-0.1, -0.05) is 17.7 Å². The van der Waals surface area contributed by atoms with Crippen molar-refractivity contribution in [1.29, 1.82) is 0 Å². The van der Waals surface area contributed by atoms with Crippen LogP contribution in [-0.4, -0.2) is 31.8 Å². The molecule has 2 aromatic carbocycles. The maximum atomic E-state index is 5.24. The minimum absolute atomic E-state index is 0.596. The average molecular weight is 389 g/mol. The van der Waals surface area contributed by atoms with E-state index in [4.69, 9.17) is 4.74 Å². The maximum Gasteiger partial charge on any atom is 0.198 e. The van der Waals surface area contributed by atoms with Crippen LogP contribution >= 0.6 is 11.8 Å². The zero-order chi connectivity index (χ0) is 19.5. The molecule has 0 saturated heterocycles. The van der Waals surface area contributed by atoms with Crippen LogP contribution < -0.4 is 4.74 Å². The zero-order valence-electron chi connectivity index (χ0n) is 15.7. The topological polar surface area (TPSA) is 65.7 Å². The summed E-state index contributed by atoms with van der Waals surface area (Å²) in [5.41, 5.74) is 3.04. The van der Waals surface area contributed by atoms with E-state index >= 15 is 0 Å². The van der Waals surface area contributed by atoms with Gasteiger partial charge in [-0.2, -0.15) is 0 Å². The first-order valence-electron chi connectivity index (χ1n) is 8.77. The summed E-state index contributed by atoms with van der Waals surface area (Å²) in [5, 5.41) is 11.4. The van der Waals surface area contributed by atoms with Crippen molar-refractivity contribution < 1.29 is 4.74 Å². The first kappa shape index (κ1) is 18.2. The predicted octanol–water partition coefficient (Wildman–Crippen LogP) is 4.54. The molecule has 0 aliphatic rings. The van der Waals surface area contributed by atoms with Crippen molar-refractivity contribution in [3.8, 4) is 17.1 Å². The number of aryl methyl sites for hydroxylation is 1. The fourth-order valence-corrected chi connectivity index (χ4v) is 3.83. The Morgan fingerprint density at radius 3 is 2.68 bits per heavy atom. The Hall–Kier alpha value is -3.19. The van der Waals surface area contributed by atoms with Gasteiger partial charge in [0.25, 0.3) is 0 Å². The highest BCUT2D eigenvalue weighted by molar-refractivity contribution is 7.99. The summed E-state index contributed by atoms with van der Waals surface area (Å²) < 4.78 is 7.27. The van der Waals surface area contributed by atoms with Crippen LogP contribution in [0.1, 0.15) is 5.56 Å². The van der Waals surface area contributed by atoms with Crippen molar-refractivity contribution in [2.45, 2.75) is 23.7 Å². The Balaban J connectivity index is 1.75. The van der Waals surface area contributed by atoms with E-state index in [9.17, 15) is 0 Å². The molecule has 0 atom stereocenters. The third kappa shape index (κ3) is 3.48. The number of nitrogens with zero attached hydrogens (tertiary/aromatic N) is 5. The van der Waals surface area contributed by atoms with Crippen LogP contribution in [0.5, 0.6) is 5.75 Å². The molecular formula is C21H19N5OS. The van der Waals surface area contributed by atoms with E-state index in [-0.39, 0.29) is 0 Å². The molecule has 0 saturated carbocycles. The van der Waals surface area contributed by atoms with Gasteiger partial charge in [-0.3, -0.25) is 4.57 Å². The number of aromatic nitrogens is 5. The third-order valence-corrected chi connectivity index (χ3v) is 5.32. The van der Waals surface area contributed by atoms with E-state index in [1.165, 1.54) is 11.8 Å². The van der Waals surface area contributed by atoms with Crippen LogP contribution in [0, 0.1) is 6.92 Å². The minimum atomic E-state index is 0.596. The second-order valence-electron chi connectivity index (χ2n) is 6.24. The molecule has 0 aliphatic heterocycles. The summed E-state index contributed by atoms with van der Waals surface area (Å²) >= 11 is 1.48.